The van der Waals surface area contributed by atoms with Crippen LogP contribution in [0, 0.1) is 6.92 Å². The van der Waals surface area contributed by atoms with E-state index >= 15 is 0 Å². The third kappa shape index (κ3) is 8.31. The molecule has 0 fully saturated rings. The van der Waals surface area contributed by atoms with Crippen LogP contribution in [-0.2, 0) is 26.0 Å². The number of aryl methyl sites for hydroxylation is 1. The summed E-state index contributed by atoms with van der Waals surface area (Å²) in [5, 5.41) is 3.33. The highest BCUT2D eigenvalue weighted by molar-refractivity contribution is 7.92. The maximum atomic E-state index is 13.9. The van der Waals surface area contributed by atoms with E-state index in [0.29, 0.717) is 17.1 Å². The lowest BCUT2D eigenvalue weighted by Gasteiger charge is -2.33. The van der Waals surface area contributed by atoms with Crippen molar-refractivity contribution in [2.75, 3.05) is 17.4 Å². The molecule has 0 aliphatic heterocycles. The average Bonchev–Trinajstić information content (AvgIpc) is 2.87. The summed E-state index contributed by atoms with van der Waals surface area (Å²) in [5.41, 5.74) is 1.80. The molecule has 0 bridgehead atoms. The van der Waals surface area contributed by atoms with Crippen LogP contribution in [0.1, 0.15) is 38.8 Å². The lowest BCUT2D eigenvalue weighted by atomic mass is 10.1. The maximum Gasteiger partial charge on any atom is 0.264 e. The monoisotopic (exact) mass is 569 g/mol. The highest BCUT2D eigenvalue weighted by atomic mass is 35.5. The Kier molecular flexibility index (Phi) is 9.80. The van der Waals surface area contributed by atoms with Gasteiger partial charge in [0, 0.05) is 17.1 Å². The second-order valence-corrected chi connectivity index (χ2v) is 12.8. The number of halogens is 1. The second kappa shape index (κ2) is 12.7. The van der Waals surface area contributed by atoms with Crippen molar-refractivity contribution < 1.29 is 18.0 Å². The number of amides is 2. The molecule has 0 saturated heterocycles. The Hall–Kier alpha value is -3.36. The van der Waals surface area contributed by atoms with Gasteiger partial charge in [0.05, 0.1) is 10.6 Å². The summed E-state index contributed by atoms with van der Waals surface area (Å²) in [6, 6.07) is 21.5. The smallest absolute Gasteiger partial charge is 0.264 e. The number of hydrogen-bond acceptors (Lipinski definition) is 4. The molecule has 0 spiro atoms. The van der Waals surface area contributed by atoms with Crippen LogP contribution in [0.4, 0.5) is 5.69 Å². The summed E-state index contributed by atoms with van der Waals surface area (Å²) >= 11 is 5.99. The van der Waals surface area contributed by atoms with Crippen molar-refractivity contribution in [1.82, 2.24) is 10.2 Å². The standard InChI is InChI=1S/C30H36ClN3O4S/c1-22-11-15-26(16-12-22)34(39(37,38)27-17-13-25(31)14-18-27)21-28(35)33(20-19-24-9-7-6-8-10-24)23(2)29(36)32-30(3,4)5/h6-18,23H,19-21H2,1-5H3,(H,32,36)/t23-/m1/s1. The Morgan fingerprint density at radius 2 is 1.51 bits per heavy atom. The Morgan fingerprint density at radius 3 is 2.08 bits per heavy atom. The fraction of sp³-hybridized carbons (Fsp3) is 0.333. The molecule has 0 aliphatic carbocycles. The van der Waals surface area contributed by atoms with Crippen molar-refractivity contribution in [2.24, 2.45) is 0 Å². The zero-order valence-corrected chi connectivity index (χ0v) is 24.6. The van der Waals surface area contributed by atoms with E-state index in [9.17, 15) is 18.0 Å². The normalized spacial score (nSPS) is 12.5. The second-order valence-electron chi connectivity index (χ2n) is 10.5. The molecule has 0 radical (unpaired) electrons. The first-order chi connectivity index (χ1) is 18.3. The van der Waals surface area contributed by atoms with Gasteiger partial charge in [-0.1, -0.05) is 59.6 Å². The third-order valence-electron chi connectivity index (χ3n) is 6.15. The van der Waals surface area contributed by atoms with Crippen LogP contribution < -0.4 is 9.62 Å². The first-order valence-corrected chi connectivity index (χ1v) is 14.6. The predicted octanol–water partition coefficient (Wildman–Crippen LogP) is 5.22. The minimum atomic E-state index is -4.13. The van der Waals surface area contributed by atoms with Gasteiger partial charge in [-0.05, 0) is 83.0 Å². The molecule has 7 nitrogen and oxygen atoms in total. The Bertz CT molecular complexity index is 1370. The van der Waals surface area contributed by atoms with Gasteiger partial charge in [0.1, 0.15) is 12.6 Å². The first-order valence-electron chi connectivity index (χ1n) is 12.8. The van der Waals surface area contributed by atoms with E-state index in [1.165, 1.54) is 29.2 Å². The Balaban J connectivity index is 1.98. The van der Waals surface area contributed by atoms with Crippen LogP contribution in [0.3, 0.4) is 0 Å². The van der Waals surface area contributed by atoms with Crippen molar-refractivity contribution in [3.63, 3.8) is 0 Å². The number of carbonyl (C=O) groups is 2. The van der Waals surface area contributed by atoms with Gasteiger partial charge in [0.15, 0.2) is 0 Å². The number of carbonyl (C=O) groups excluding carboxylic acids is 2. The van der Waals surface area contributed by atoms with Crippen molar-refractivity contribution in [1.29, 1.82) is 0 Å². The maximum absolute atomic E-state index is 13.9. The fourth-order valence-electron chi connectivity index (χ4n) is 4.02. The molecule has 2 amide bonds. The summed E-state index contributed by atoms with van der Waals surface area (Å²) in [6.45, 7) is 8.92. The molecule has 0 heterocycles. The Labute approximate surface area is 236 Å². The van der Waals surface area contributed by atoms with Crippen LogP contribution in [0.25, 0.3) is 0 Å². The minimum absolute atomic E-state index is 0.00892. The first kappa shape index (κ1) is 30.2. The number of hydrogen-bond donors (Lipinski definition) is 1. The number of nitrogens with zero attached hydrogens (tertiary/aromatic N) is 2. The van der Waals surface area contributed by atoms with Crippen LogP contribution in [0.5, 0.6) is 0 Å². The number of anilines is 1. The van der Waals surface area contributed by atoms with Crippen LogP contribution in [0.15, 0.2) is 83.8 Å². The van der Waals surface area contributed by atoms with E-state index in [2.05, 4.69) is 5.32 Å². The molecule has 0 aliphatic rings. The van der Waals surface area contributed by atoms with Gasteiger partial charge in [-0.3, -0.25) is 13.9 Å². The molecule has 1 atom stereocenters. The molecule has 0 aromatic heterocycles. The molecule has 3 rings (SSSR count). The molecule has 3 aromatic rings. The average molecular weight is 570 g/mol. The van der Waals surface area contributed by atoms with Crippen LogP contribution >= 0.6 is 11.6 Å². The third-order valence-corrected chi connectivity index (χ3v) is 8.19. The molecule has 3 aromatic carbocycles. The quantitative estimate of drug-likeness (QED) is 0.363. The largest absolute Gasteiger partial charge is 0.350 e. The number of nitrogens with one attached hydrogen (secondary N) is 1. The van der Waals surface area contributed by atoms with Crippen molar-refractivity contribution in [3.8, 4) is 0 Å². The van der Waals surface area contributed by atoms with Gasteiger partial charge < -0.3 is 10.2 Å². The lowest BCUT2D eigenvalue weighted by molar-refractivity contribution is -0.139. The zero-order valence-electron chi connectivity index (χ0n) is 23.0. The van der Waals surface area contributed by atoms with Gasteiger partial charge in [-0.15, -0.1) is 0 Å². The van der Waals surface area contributed by atoms with Crippen molar-refractivity contribution in [2.45, 2.75) is 57.5 Å². The predicted molar refractivity (Wildman–Crippen MR) is 156 cm³/mol. The molecule has 1 N–H and O–H groups in total. The summed E-state index contributed by atoms with van der Waals surface area (Å²) in [5.74, 6) is -0.799. The summed E-state index contributed by atoms with van der Waals surface area (Å²) < 4.78 is 28.7. The van der Waals surface area contributed by atoms with Crippen molar-refractivity contribution in [3.05, 3.63) is 95.0 Å². The van der Waals surface area contributed by atoms with Gasteiger partial charge in [-0.25, -0.2) is 8.42 Å². The molecular formula is C30H36ClN3O4S. The summed E-state index contributed by atoms with van der Waals surface area (Å²) in [6.07, 6.45) is 0.508. The van der Waals surface area contributed by atoms with Gasteiger partial charge >= 0.3 is 0 Å². The molecular weight excluding hydrogens is 534 g/mol. The number of sulfonamides is 1. The fourth-order valence-corrected chi connectivity index (χ4v) is 5.56. The van der Waals surface area contributed by atoms with E-state index in [1.807, 2.05) is 58.0 Å². The zero-order chi connectivity index (χ0) is 28.8. The lowest BCUT2D eigenvalue weighted by Crippen LogP contribution is -2.55. The topological polar surface area (TPSA) is 86.8 Å². The van der Waals surface area contributed by atoms with Gasteiger partial charge in [0.2, 0.25) is 11.8 Å². The number of benzene rings is 3. The molecule has 9 heteroatoms. The summed E-state index contributed by atoms with van der Waals surface area (Å²) in [4.78, 5) is 28.4. The van der Waals surface area contributed by atoms with E-state index < -0.39 is 34.1 Å². The SMILES string of the molecule is Cc1ccc(N(CC(=O)N(CCc2ccccc2)[C@H](C)C(=O)NC(C)(C)C)S(=O)(=O)c2ccc(Cl)cc2)cc1. The highest BCUT2D eigenvalue weighted by Crippen LogP contribution is 2.26. The molecule has 0 saturated carbocycles. The Morgan fingerprint density at radius 1 is 0.923 bits per heavy atom. The van der Waals surface area contributed by atoms with E-state index in [1.54, 1.807) is 31.2 Å². The van der Waals surface area contributed by atoms with Gasteiger partial charge in [-0.2, -0.15) is 0 Å². The molecule has 0 unspecified atom stereocenters. The van der Waals surface area contributed by atoms with Crippen molar-refractivity contribution >= 4 is 39.1 Å². The summed E-state index contributed by atoms with van der Waals surface area (Å²) in [7, 11) is -4.13. The highest BCUT2D eigenvalue weighted by Gasteiger charge is 2.33. The van der Waals surface area contributed by atoms with E-state index in [0.717, 1.165) is 15.4 Å². The minimum Gasteiger partial charge on any atom is -0.350 e. The molecule has 208 valence electrons. The van der Waals surface area contributed by atoms with Crippen LogP contribution in [-0.4, -0.2) is 49.8 Å². The molecule has 39 heavy (non-hydrogen) atoms. The van der Waals surface area contributed by atoms with Crippen LogP contribution in [0.2, 0.25) is 5.02 Å². The van der Waals surface area contributed by atoms with E-state index in [4.69, 9.17) is 11.6 Å². The van der Waals surface area contributed by atoms with E-state index in [-0.39, 0.29) is 17.3 Å². The number of rotatable bonds is 10. The van der Waals surface area contributed by atoms with Gasteiger partial charge in [0.25, 0.3) is 10.0 Å².